The number of fused-ring (bicyclic) bond motifs is 1. The maximum Gasteiger partial charge on any atom is 0.341 e. The molecular formula is C16H12BrIN2O3. The third-order valence-electron chi connectivity index (χ3n) is 3.42. The fraction of sp³-hybridized carbons (Fsp3) is 0.125. The van der Waals surface area contributed by atoms with Gasteiger partial charge in [0, 0.05) is 4.47 Å². The van der Waals surface area contributed by atoms with E-state index in [1.54, 1.807) is 16.9 Å². The SMILES string of the molecule is O=C(OCc1ccccc1)c1c(Br)c(I)c(CO)n2cncc12. The van der Waals surface area contributed by atoms with Crippen LogP contribution in [0.2, 0.25) is 0 Å². The maximum atomic E-state index is 12.5. The molecule has 0 saturated heterocycles. The lowest BCUT2D eigenvalue weighted by Gasteiger charge is -2.13. The first-order chi connectivity index (χ1) is 11.1. The van der Waals surface area contributed by atoms with E-state index in [-0.39, 0.29) is 13.2 Å². The van der Waals surface area contributed by atoms with Crippen LogP contribution in [0.15, 0.2) is 47.3 Å². The number of ether oxygens (including phenoxy) is 1. The molecule has 118 valence electrons. The molecule has 1 aromatic carbocycles. The van der Waals surface area contributed by atoms with Gasteiger partial charge in [0.2, 0.25) is 0 Å². The van der Waals surface area contributed by atoms with Crippen LogP contribution in [0, 0.1) is 3.57 Å². The average Bonchev–Trinajstić information content (AvgIpc) is 3.03. The summed E-state index contributed by atoms with van der Waals surface area (Å²) in [6.45, 7) is 0.0494. The molecule has 0 spiro atoms. The van der Waals surface area contributed by atoms with E-state index in [2.05, 4.69) is 43.5 Å². The number of aliphatic hydroxyl groups excluding tert-OH is 1. The van der Waals surface area contributed by atoms with E-state index in [0.29, 0.717) is 21.2 Å². The van der Waals surface area contributed by atoms with Gasteiger partial charge in [0.1, 0.15) is 12.2 Å². The molecule has 2 heterocycles. The molecule has 0 aliphatic heterocycles. The minimum absolute atomic E-state index is 0.150. The highest BCUT2D eigenvalue weighted by atomic mass is 127. The number of aliphatic hydroxyl groups is 1. The van der Waals surface area contributed by atoms with Gasteiger partial charge in [-0.1, -0.05) is 30.3 Å². The van der Waals surface area contributed by atoms with E-state index in [0.717, 1.165) is 9.13 Å². The number of benzene rings is 1. The second-order valence-electron chi connectivity index (χ2n) is 4.82. The van der Waals surface area contributed by atoms with Crippen molar-refractivity contribution in [2.24, 2.45) is 0 Å². The summed E-state index contributed by atoms with van der Waals surface area (Å²) in [5.74, 6) is -0.436. The predicted molar refractivity (Wildman–Crippen MR) is 97.1 cm³/mol. The number of nitrogens with zero attached hydrogens (tertiary/aromatic N) is 2. The number of halogens is 2. The highest BCUT2D eigenvalue weighted by molar-refractivity contribution is 14.1. The normalized spacial score (nSPS) is 10.9. The van der Waals surface area contributed by atoms with Gasteiger partial charge in [-0.3, -0.25) is 4.40 Å². The average molecular weight is 487 g/mol. The highest BCUT2D eigenvalue weighted by Crippen LogP contribution is 2.31. The highest BCUT2D eigenvalue weighted by Gasteiger charge is 2.22. The summed E-state index contributed by atoms with van der Waals surface area (Å²) in [4.78, 5) is 16.6. The standard InChI is InChI=1S/C16H12BrIN2O3/c17-14-13(16(22)23-8-10-4-2-1-3-5-10)11-6-19-9-20(11)12(7-21)15(14)18/h1-6,9,21H,7-8H2. The van der Waals surface area contributed by atoms with Gasteiger partial charge in [0.15, 0.2) is 0 Å². The zero-order chi connectivity index (χ0) is 16.4. The van der Waals surface area contributed by atoms with Crippen molar-refractivity contribution in [3.63, 3.8) is 0 Å². The van der Waals surface area contributed by atoms with Gasteiger partial charge >= 0.3 is 5.97 Å². The largest absolute Gasteiger partial charge is 0.457 e. The lowest BCUT2D eigenvalue weighted by Crippen LogP contribution is -2.12. The van der Waals surface area contributed by atoms with E-state index in [1.165, 1.54) is 0 Å². The van der Waals surface area contributed by atoms with Crippen LogP contribution in [-0.4, -0.2) is 20.5 Å². The molecule has 0 saturated carbocycles. The van der Waals surface area contributed by atoms with Crippen LogP contribution < -0.4 is 0 Å². The number of esters is 1. The Labute approximate surface area is 154 Å². The van der Waals surface area contributed by atoms with Gasteiger partial charge in [-0.15, -0.1) is 0 Å². The Kier molecular flexibility index (Phi) is 4.98. The molecule has 0 radical (unpaired) electrons. The fourth-order valence-electron chi connectivity index (χ4n) is 2.28. The van der Waals surface area contributed by atoms with Crippen LogP contribution in [0.4, 0.5) is 0 Å². The minimum Gasteiger partial charge on any atom is -0.457 e. The minimum atomic E-state index is -0.436. The molecular weight excluding hydrogens is 475 g/mol. The number of imidazole rings is 1. The summed E-state index contributed by atoms with van der Waals surface area (Å²) in [5, 5.41) is 9.55. The van der Waals surface area contributed by atoms with Crippen LogP contribution in [-0.2, 0) is 18.0 Å². The summed E-state index contributed by atoms with van der Waals surface area (Å²) < 4.78 is 8.48. The van der Waals surface area contributed by atoms with Crippen molar-refractivity contribution in [3.8, 4) is 0 Å². The Balaban J connectivity index is 1.97. The smallest absolute Gasteiger partial charge is 0.341 e. The Morgan fingerprint density at radius 2 is 2.09 bits per heavy atom. The van der Waals surface area contributed by atoms with Crippen molar-refractivity contribution in [1.82, 2.24) is 9.38 Å². The van der Waals surface area contributed by atoms with Gasteiger partial charge in [-0.05, 0) is 44.1 Å². The number of carbonyl (C=O) groups is 1. The van der Waals surface area contributed by atoms with Crippen molar-refractivity contribution in [1.29, 1.82) is 0 Å². The molecule has 3 rings (SSSR count). The third kappa shape index (κ3) is 3.13. The van der Waals surface area contributed by atoms with Gasteiger partial charge in [0.05, 0.1) is 33.9 Å². The quantitative estimate of drug-likeness (QED) is 0.452. The molecule has 0 unspecified atom stereocenters. The number of pyridine rings is 1. The van der Waals surface area contributed by atoms with E-state index < -0.39 is 5.97 Å². The topological polar surface area (TPSA) is 63.8 Å². The Hall–Kier alpha value is -1.45. The molecule has 0 fully saturated rings. The van der Waals surface area contributed by atoms with Crippen LogP contribution in [0.1, 0.15) is 21.6 Å². The molecule has 7 heteroatoms. The maximum absolute atomic E-state index is 12.5. The van der Waals surface area contributed by atoms with Crippen molar-refractivity contribution >= 4 is 50.0 Å². The molecule has 0 aliphatic carbocycles. The molecule has 23 heavy (non-hydrogen) atoms. The predicted octanol–water partition coefficient (Wildman–Crippen LogP) is 3.55. The fourth-order valence-corrected chi connectivity index (χ4v) is 3.58. The van der Waals surface area contributed by atoms with Crippen molar-refractivity contribution in [2.75, 3.05) is 0 Å². The van der Waals surface area contributed by atoms with E-state index in [4.69, 9.17) is 4.74 Å². The number of aromatic nitrogens is 2. The Morgan fingerprint density at radius 3 is 2.78 bits per heavy atom. The lowest BCUT2D eigenvalue weighted by molar-refractivity contribution is 0.0473. The van der Waals surface area contributed by atoms with Gasteiger partial charge in [-0.2, -0.15) is 0 Å². The van der Waals surface area contributed by atoms with E-state index in [9.17, 15) is 9.90 Å². The van der Waals surface area contributed by atoms with Gasteiger partial charge in [0.25, 0.3) is 0 Å². The summed E-state index contributed by atoms with van der Waals surface area (Å²) in [7, 11) is 0. The number of carbonyl (C=O) groups excluding carboxylic acids is 1. The zero-order valence-electron chi connectivity index (χ0n) is 11.9. The molecule has 5 nitrogen and oxygen atoms in total. The molecule has 0 amide bonds. The third-order valence-corrected chi connectivity index (χ3v) is 6.11. The first-order valence-corrected chi connectivity index (χ1v) is 8.64. The van der Waals surface area contributed by atoms with E-state index >= 15 is 0 Å². The molecule has 3 aromatic rings. The molecule has 1 N–H and O–H groups in total. The van der Waals surface area contributed by atoms with Crippen molar-refractivity contribution in [3.05, 3.63) is 67.7 Å². The van der Waals surface area contributed by atoms with Crippen LogP contribution in [0.3, 0.4) is 0 Å². The van der Waals surface area contributed by atoms with Crippen LogP contribution in [0.5, 0.6) is 0 Å². The van der Waals surface area contributed by atoms with Crippen LogP contribution in [0.25, 0.3) is 5.52 Å². The summed E-state index contributed by atoms with van der Waals surface area (Å²) in [6.07, 6.45) is 3.16. The number of hydrogen-bond acceptors (Lipinski definition) is 4. The van der Waals surface area contributed by atoms with Crippen molar-refractivity contribution < 1.29 is 14.6 Å². The molecule has 0 atom stereocenters. The zero-order valence-corrected chi connectivity index (χ0v) is 15.6. The van der Waals surface area contributed by atoms with Crippen LogP contribution >= 0.6 is 38.5 Å². The Bertz CT molecular complexity index is 865. The number of hydrogen-bond donors (Lipinski definition) is 1. The summed E-state index contributed by atoms with van der Waals surface area (Å²) in [5.41, 5.74) is 2.59. The molecule has 0 bridgehead atoms. The van der Waals surface area contributed by atoms with Gasteiger partial charge < -0.3 is 9.84 Å². The summed E-state index contributed by atoms with van der Waals surface area (Å²) >= 11 is 5.53. The second kappa shape index (κ2) is 6.98. The number of rotatable bonds is 4. The van der Waals surface area contributed by atoms with Crippen molar-refractivity contribution in [2.45, 2.75) is 13.2 Å². The molecule has 2 aromatic heterocycles. The summed E-state index contributed by atoms with van der Waals surface area (Å²) in [6, 6.07) is 9.50. The monoisotopic (exact) mass is 486 g/mol. The second-order valence-corrected chi connectivity index (χ2v) is 6.69. The van der Waals surface area contributed by atoms with Gasteiger partial charge in [-0.25, -0.2) is 9.78 Å². The molecule has 0 aliphatic rings. The van der Waals surface area contributed by atoms with E-state index in [1.807, 2.05) is 30.3 Å². The Morgan fingerprint density at radius 1 is 1.35 bits per heavy atom. The first-order valence-electron chi connectivity index (χ1n) is 6.77. The lowest BCUT2D eigenvalue weighted by atomic mass is 10.2. The first kappa shape index (κ1) is 16.4.